The normalized spacial score (nSPS) is 14.3. The van der Waals surface area contributed by atoms with E-state index in [1.54, 1.807) is 25.1 Å². The molecule has 0 spiro atoms. The molecule has 1 saturated heterocycles. The number of anilines is 2. The number of carbonyl (C=O) groups is 4. The van der Waals surface area contributed by atoms with Crippen molar-refractivity contribution in [3.05, 3.63) is 84.9 Å². The number of carbonyl (C=O) groups excluding carboxylic acids is 4. The molecule has 2 N–H and O–H groups in total. The van der Waals surface area contributed by atoms with Gasteiger partial charge in [-0.1, -0.05) is 35.3 Å². The summed E-state index contributed by atoms with van der Waals surface area (Å²) in [5.41, 5.74) is 1.96. The van der Waals surface area contributed by atoms with Gasteiger partial charge in [-0.25, -0.2) is 9.69 Å². The molecule has 1 aliphatic heterocycles. The van der Waals surface area contributed by atoms with Crippen LogP contribution in [0.25, 0.3) is 6.08 Å². The van der Waals surface area contributed by atoms with Crippen molar-refractivity contribution in [2.45, 2.75) is 13.8 Å². The molecular weight excluding hydrogens is 672 g/mol. The minimum absolute atomic E-state index is 0.140. The smallest absolute Gasteiger partial charge is 0.335 e. The van der Waals surface area contributed by atoms with E-state index in [1.165, 1.54) is 24.3 Å². The fourth-order valence-corrected chi connectivity index (χ4v) is 4.89. The second-order valence-corrected chi connectivity index (χ2v) is 10.5. The minimum Gasteiger partial charge on any atom is -0.490 e. The summed E-state index contributed by atoms with van der Waals surface area (Å²) in [6.07, 6.45) is 1.34. The molecule has 3 aromatic carbocycles. The Balaban J connectivity index is 1.59. The molecule has 12 heteroatoms. The summed E-state index contributed by atoms with van der Waals surface area (Å²) in [6, 6.07) is 13.9. The van der Waals surface area contributed by atoms with E-state index in [0.717, 1.165) is 10.5 Å². The van der Waals surface area contributed by atoms with Crippen LogP contribution in [0.3, 0.4) is 0 Å². The number of nitrogens with one attached hydrogen (secondary N) is 2. The van der Waals surface area contributed by atoms with Gasteiger partial charge in [0.15, 0.2) is 18.1 Å². The molecular formula is C28H22Cl2IN3O6. The number of barbiturate groups is 1. The molecule has 1 fully saturated rings. The Morgan fingerprint density at radius 2 is 1.82 bits per heavy atom. The lowest BCUT2D eigenvalue weighted by Gasteiger charge is -2.26. The molecule has 0 saturated carbocycles. The van der Waals surface area contributed by atoms with Crippen LogP contribution in [-0.4, -0.2) is 37.0 Å². The van der Waals surface area contributed by atoms with Crippen molar-refractivity contribution in [2.24, 2.45) is 0 Å². The van der Waals surface area contributed by atoms with Crippen molar-refractivity contribution in [2.75, 3.05) is 23.4 Å². The van der Waals surface area contributed by atoms with Crippen LogP contribution in [0.4, 0.5) is 16.2 Å². The van der Waals surface area contributed by atoms with Crippen LogP contribution in [0, 0.1) is 10.5 Å². The second-order valence-electron chi connectivity index (χ2n) is 8.53. The predicted molar refractivity (Wildman–Crippen MR) is 161 cm³/mol. The molecule has 40 heavy (non-hydrogen) atoms. The Bertz CT molecular complexity index is 1560. The standard InChI is InChI=1S/C28H22Cl2IN3O6/c1-3-39-23-12-16(11-22(31)25(23)40-14-24(35)32-17-6-4-5-15(2)9-17)10-19-26(36)33-28(38)34(27(19)37)18-7-8-20(29)21(30)13-18/h4-13H,3,14H2,1-2H3,(H,32,35)(H,33,36,38)/b19-10+. The van der Waals surface area contributed by atoms with Crippen molar-refractivity contribution in [3.63, 3.8) is 0 Å². The van der Waals surface area contributed by atoms with Gasteiger partial charge in [0.25, 0.3) is 17.7 Å². The first-order valence-electron chi connectivity index (χ1n) is 11.9. The van der Waals surface area contributed by atoms with E-state index in [4.69, 9.17) is 32.7 Å². The van der Waals surface area contributed by atoms with Crippen LogP contribution >= 0.6 is 45.8 Å². The number of aryl methyl sites for hydroxylation is 1. The average Bonchev–Trinajstić information content (AvgIpc) is 2.88. The Morgan fingerprint density at radius 1 is 1.05 bits per heavy atom. The van der Waals surface area contributed by atoms with Crippen molar-refractivity contribution in [1.82, 2.24) is 5.32 Å². The third-order valence-electron chi connectivity index (χ3n) is 5.56. The number of nitrogens with zero attached hydrogens (tertiary/aromatic N) is 1. The molecule has 0 atom stereocenters. The summed E-state index contributed by atoms with van der Waals surface area (Å²) in [4.78, 5) is 51.7. The van der Waals surface area contributed by atoms with Gasteiger partial charge in [0, 0.05) is 5.69 Å². The number of benzene rings is 3. The summed E-state index contributed by atoms with van der Waals surface area (Å²) in [5, 5.41) is 5.33. The van der Waals surface area contributed by atoms with E-state index >= 15 is 0 Å². The third kappa shape index (κ3) is 6.75. The van der Waals surface area contributed by atoms with Crippen molar-refractivity contribution < 1.29 is 28.7 Å². The molecule has 0 bridgehead atoms. The molecule has 5 amide bonds. The lowest BCUT2D eigenvalue weighted by Crippen LogP contribution is -2.54. The van der Waals surface area contributed by atoms with Crippen LogP contribution in [0.5, 0.6) is 11.5 Å². The first kappa shape index (κ1) is 29.4. The number of imide groups is 2. The van der Waals surface area contributed by atoms with Crippen LogP contribution in [-0.2, 0) is 14.4 Å². The molecule has 0 aliphatic carbocycles. The van der Waals surface area contributed by atoms with E-state index in [9.17, 15) is 19.2 Å². The van der Waals surface area contributed by atoms with Crippen LogP contribution in [0.1, 0.15) is 18.1 Å². The van der Waals surface area contributed by atoms with E-state index in [-0.39, 0.29) is 33.8 Å². The summed E-state index contributed by atoms with van der Waals surface area (Å²) in [6.45, 7) is 3.73. The van der Waals surface area contributed by atoms with Gasteiger partial charge in [-0.2, -0.15) is 0 Å². The summed E-state index contributed by atoms with van der Waals surface area (Å²) >= 11 is 14.0. The number of amides is 5. The maximum absolute atomic E-state index is 13.3. The Hall–Kier alpha value is -3.61. The number of rotatable bonds is 8. The lowest BCUT2D eigenvalue weighted by atomic mass is 10.1. The maximum Gasteiger partial charge on any atom is 0.335 e. The predicted octanol–water partition coefficient (Wildman–Crippen LogP) is 5.99. The Labute approximate surface area is 253 Å². The monoisotopic (exact) mass is 693 g/mol. The topological polar surface area (TPSA) is 114 Å². The maximum atomic E-state index is 13.3. The van der Waals surface area contributed by atoms with Gasteiger partial charge in [-0.3, -0.25) is 19.7 Å². The zero-order valence-corrected chi connectivity index (χ0v) is 24.9. The molecule has 1 aliphatic rings. The Morgan fingerprint density at radius 3 is 2.52 bits per heavy atom. The van der Waals surface area contributed by atoms with Crippen LogP contribution in [0.2, 0.25) is 10.0 Å². The van der Waals surface area contributed by atoms with E-state index in [2.05, 4.69) is 10.6 Å². The highest BCUT2D eigenvalue weighted by atomic mass is 127. The van der Waals surface area contributed by atoms with Gasteiger partial charge in [-0.05, 0) is 96.1 Å². The Kier molecular flexibility index (Phi) is 9.33. The highest BCUT2D eigenvalue weighted by molar-refractivity contribution is 14.1. The molecule has 9 nitrogen and oxygen atoms in total. The number of halogens is 3. The van der Waals surface area contributed by atoms with Crippen LogP contribution in [0.15, 0.2) is 60.2 Å². The van der Waals surface area contributed by atoms with Crippen molar-refractivity contribution in [1.29, 1.82) is 0 Å². The van der Waals surface area contributed by atoms with Crippen molar-refractivity contribution in [3.8, 4) is 11.5 Å². The molecule has 1 heterocycles. The van der Waals surface area contributed by atoms with E-state index in [1.807, 2.05) is 47.7 Å². The number of urea groups is 1. The van der Waals surface area contributed by atoms with Gasteiger partial charge in [-0.15, -0.1) is 0 Å². The van der Waals surface area contributed by atoms with E-state index in [0.29, 0.717) is 32.9 Å². The molecule has 0 aromatic heterocycles. The minimum atomic E-state index is -0.914. The SMILES string of the molecule is CCOc1cc(/C=C2\C(=O)NC(=O)N(c3ccc(Cl)c(Cl)c3)C2=O)cc(I)c1OCC(=O)Nc1cccc(C)c1. The van der Waals surface area contributed by atoms with Gasteiger partial charge >= 0.3 is 6.03 Å². The average molecular weight is 694 g/mol. The quantitative estimate of drug-likeness (QED) is 0.170. The van der Waals surface area contributed by atoms with Gasteiger partial charge < -0.3 is 14.8 Å². The van der Waals surface area contributed by atoms with Gasteiger partial charge in [0.1, 0.15) is 5.57 Å². The zero-order valence-electron chi connectivity index (χ0n) is 21.2. The summed E-state index contributed by atoms with van der Waals surface area (Å²) in [5.74, 6) is -1.41. The van der Waals surface area contributed by atoms with Crippen LogP contribution < -0.4 is 25.0 Å². The summed E-state index contributed by atoms with van der Waals surface area (Å²) < 4.78 is 12.1. The van der Waals surface area contributed by atoms with Crippen molar-refractivity contribution >= 4 is 87.0 Å². The molecule has 3 aromatic rings. The molecule has 4 rings (SSSR count). The van der Waals surface area contributed by atoms with E-state index < -0.39 is 17.8 Å². The first-order chi connectivity index (χ1) is 19.1. The highest BCUT2D eigenvalue weighted by Crippen LogP contribution is 2.36. The zero-order chi connectivity index (χ0) is 29.0. The third-order valence-corrected chi connectivity index (χ3v) is 7.10. The fraction of sp³-hybridized carbons (Fsp3) is 0.143. The molecule has 0 radical (unpaired) electrons. The van der Waals surface area contributed by atoms with Gasteiger partial charge in [0.05, 0.1) is 25.9 Å². The largest absolute Gasteiger partial charge is 0.490 e. The fourth-order valence-electron chi connectivity index (χ4n) is 3.81. The highest BCUT2D eigenvalue weighted by Gasteiger charge is 2.37. The first-order valence-corrected chi connectivity index (χ1v) is 13.7. The summed E-state index contributed by atoms with van der Waals surface area (Å²) in [7, 11) is 0. The molecule has 0 unspecified atom stereocenters. The molecule has 206 valence electrons. The van der Waals surface area contributed by atoms with Gasteiger partial charge in [0.2, 0.25) is 0 Å². The lowest BCUT2D eigenvalue weighted by molar-refractivity contribution is -0.122. The number of hydrogen-bond acceptors (Lipinski definition) is 6. The number of hydrogen-bond donors (Lipinski definition) is 2. The second kappa shape index (κ2) is 12.7. The number of ether oxygens (including phenoxy) is 2.